The van der Waals surface area contributed by atoms with E-state index in [4.69, 9.17) is 5.84 Å². The standard InChI is InChI=1S/C15H15N5O2S/c1-9-7-11-13(17-9)14(22)20(10-5-3-2-4-6-10)15(18-11)23-8-12(21)19-16/h2-7,17H,8,16H2,1H3,(H,19,21). The Kier molecular flexibility index (Phi) is 4.18. The van der Waals surface area contributed by atoms with Crippen LogP contribution in [0.4, 0.5) is 0 Å². The van der Waals surface area contributed by atoms with Crippen molar-refractivity contribution in [3.8, 4) is 5.69 Å². The van der Waals surface area contributed by atoms with E-state index in [0.717, 1.165) is 17.5 Å². The SMILES string of the molecule is Cc1cc2nc(SCC(=O)NN)n(-c3ccccc3)c(=O)c2[nH]1. The van der Waals surface area contributed by atoms with Gasteiger partial charge in [0.1, 0.15) is 5.52 Å². The van der Waals surface area contributed by atoms with Crippen LogP contribution >= 0.6 is 11.8 Å². The van der Waals surface area contributed by atoms with Crippen LogP contribution in [0.3, 0.4) is 0 Å². The molecule has 0 saturated heterocycles. The van der Waals surface area contributed by atoms with Crippen LogP contribution in [0.15, 0.2) is 46.3 Å². The van der Waals surface area contributed by atoms with E-state index in [9.17, 15) is 9.59 Å². The lowest BCUT2D eigenvalue weighted by atomic mass is 10.3. The molecule has 7 nitrogen and oxygen atoms in total. The zero-order valence-electron chi connectivity index (χ0n) is 12.4. The Morgan fingerprint density at radius 2 is 2.13 bits per heavy atom. The molecular formula is C15H15N5O2S. The van der Waals surface area contributed by atoms with Crippen molar-refractivity contribution in [3.05, 3.63) is 52.4 Å². The molecule has 1 aromatic carbocycles. The number of carbonyl (C=O) groups is 1. The summed E-state index contributed by atoms with van der Waals surface area (Å²) < 4.78 is 1.49. The highest BCUT2D eigenvalue weighted by Gasteiger charge is 2.15. The molecule has 0 radical (unpaired) electrons. The van der Waals surface area contributed by atoms with Gasteiger partial charge >= 0.3 is 0 Å². The topological polar surface area (TPSA) is 106 Å². The number of rotatable bonds is 4. The number of aromatic amines is 1. The van der Waals surface area contributed by atoms with Gasteiger partial charge in [-0.15, -0.1) is 0 Å². The molecule has 0 saturated carbocycles. The Bertz CT molecular complexity index is 917. The van der Waals surface area contributed by atoms with Gasteiger partial charge in [-0.1, -0.05) is 30.0 Å². The molecule has 2 aromatic heterocycles. The van der Waals surface area contributed by atoms with E-state index in [1.807, 2.05) is 37.3 Å². The van der Waals surface area contributed by atoms with Crippen LogP contribution in [0.2, 0.25) is 0 Å². The Morgan fingerprint density at radius 3 is 2.83 bits per heavy atom. The maximum Gasteiger partial charge on any atom is 0.283 e. The molecule has 4 N–H and O–H groups in total. The van der Waals surface area contributed by atoms with Crippen molar-refractivity contribution in [3.63, 3.8) is 0 Å². The van der Waals surface area contributed by atoms with Crippen LogP contribution in [0.25, 0.3) is 16.7 Å². The lowest BCUT2D eigenvalue weighted by molar-refractivity contribution is -0.118. The average molecular weight is 329 g/mol. The minimum atomic E-state index is -0.339. The number of H-pyrrole nitrogens is 1. The van der Waals surface area contributed by atoms with Gasteiger partial charge in [0.25, 0.3) is 5.56 Å². The lowest BCUT2D eigenvalue weighted by Gasteiger charge is -2.11. The smallest absolute Gasteiger partial charge is 0.283 e. The van der Waals surface area contributed by atoms with Crippen LogP contribution < -0.4 is 16.8 Å². The quantitative estimate of drug-likeness (QED) is 0.218. The molecule has 118 valence electrons. The van der Waals surface area contributed by atoms with E-state index in [-0.39, 0.29) is 17.2 Å². The number of amides is 1. The van der Waals surface area contributed by atoms with E-state index >= 15 is 0 Å². The first-order valence-corrected chi connectivity index (χ1v) is 7.88. The maximum absolute atomic E-state index is 12.8. The molecule has 2 heterocycles. The Labute approximate surface area is 135 Å². The van der Waals surface area contributed by atoms with Gasteiger partial charge in [-0.05, 0) is 25.1 Å². The highest BCUT2D eigenvalue weighted by molar-refractivity contribution is 7.99. The predicted molar refractivity (Wildman–Crippen MR) is 89.5 cm³/mol. The molecule has 0 atom stereocenters. The zero-order valence-corrected chi connectivity index (χ0v) is 13.2. The van der Waals surface area contributed by atoms with Gasteiger partial charge in [-0.3, -0.25) is 19.6 Å². The minimum Gasteiger partial charge on any atom is -0.353 e. The number of hydrogen-bond acceptors (Lipinski definition) is 5. The van der Waals surface area contributed by atoms with Gasteiger partial charge in [-0.2, -0.15) is 0 Å². The number of thioether (sulfide) groups is 1. The van der Waals surface area contributed by atoms with Crippen molar-refractivity contribution in [1.29, 1.82) is 0 Å². The molecule has 0 bridgehead atoms. The lowest BCUT2D eigenvalue weighted by Crippen LogP contribution is -2.32. The largest absolute Gasteiger partial charge is 0.353 e. The average Bonchev–Trinajstić information content (AvgIpc) is 2.94. The summed E-state index contributed by atoms with van der Waals surface area (Å²) in [6.45, 7) is 1.86. The van der Waals surface area contributed by atoms with Crippen LogP contribution in [0, 0.1) is 6.92 Å². The number of aromatic nitrogens is 3. The number of para-hydroxylation sites is 1. The van der Waals surface area contributed by atoms with E-state index in [0.29, 0.717) is 21.9 Å². The number of hydrazine groups is 1. The summed E-state index contributed by atoms with van der Waals surface area (Å²) in [6, 6.07) is 11.0. The normalized spacial score (nSPS) is 10.9. The number of nitrogens with one attached hydrogen (secondary N) is 2. The van der Waals surface area contributed by atoms with Crippen molar-refractivity contribution in [2.24, 2.45) is 5.84 Å². The third-order valence-electron chi connectivity index (χ3n) is 3.26. The first kappa shape index (κ1) is 15.3. The highest BCUT2D eigenvalue weighted by atomic mass is 32.2. The van der Waals surface area contributed by atoms with Gasteiger partial charge in [0.05, 0.1) is 17.0 Å². The Morgan fingerprint density at radius 1 is 1.39 bits per heavy atom. The molecule has 0 aliphatic carbocycles. The van der Waals surface area contributed by atoms with Crippen molar-refractivity contribution in [2.45, 2.75) is 12.1 Å². The van der Waals surface area contributed by atoms with E-state index in [1.54, 1.807) is 6.07 Å². The Balaban J connectivity index is 2.19. The number of aryl methyl sites for hydroxylation is 1. The van der Waals surface area contributed by atoms with Crippen molar-refractivity contribution >= 4 is 28.7 Å². The second kappa shape index (κ2) is 6.27. The number of benzene rings is 1. The molecule has 8 heteroatoms. The molecule has 0 aliphatic rings. The number of nitrogens with zero attached hydrogens (tertiary/aromatic N) is 2. The van der Waals surface area contributed by atoms with Gasteiger partial charge < -0.3 is 4.98 Å². The van der Waals surface area contributed by atoms with Crippen LogP contribution in [0.1, 0.15) is 5.69 Å². The fraction of sp³-hybridized carbons (Fsp3) is 0.133. The summed E-state index contributed by atoms with van der Waals surface area (Å²) in [6.07, 6.45) is 0. The number of nitrogens with two attached hydrogens (primary N) is 1. The predicted octanol–water partition coefficient (Wildman–Crippen LogP) is 1.10. The summed E-state index contributed by atoms with van der Waals surface area (Å²) in [4.78, 5) is 31.8. The molecule has 0 aliphatic heterocycles. The van der Waals surface area contributed by atoms with Crippen molar-refractivity contribution < 1.29 is 4.79 Å². The molecule has 1 amide bonds. The zero-order chi connectivity index (χ0) is 16.4. The summed E-state index contributed by atoms with van der Waals surface area (Å²) in [7, 11) is 0. The maximum atomic E-state index is 12.8. The molecule has 23 heavy (non-hydrogen) atoms. The fourth-order valence-electron chi connectivity index (χ4n) is 2.25. The number of carbonyl (C=O) groups excluding carboxylic acids is 1. The summed E-state index contributed by atoms with van der Waals surface area (Å²) >= 11 is 1.16. The van der Waals surface area contributed by atoms with Crippen LogP contribution in [0.5, 0.6) is 0 Å². The Hall–Kier alpha value is -2.58. The molecule has 0 spiro atoms. The molecular weight excluding hydrogens is 314 g/mol. The van der Waals surface area contributed by atoms with E-state index in [1.165, 1.54) is 4.57 Å². The molecule has 0 unspecified atom stereocenters. The first-order valence-electron chi connectivity index (χ1n) is 6.90. The minimum absolute atomic E-state index is 0.0741. The number of fused-ring (bicyclic) bond motifs is 1. The summed E-state index contributed by atoms with van der Waals surface area (Å²) in [5.41, 5.74) is 4.43. The number of hydrogen-bond donors (Lipinski definition) is 3. The molecule has 3 aromatic rings. The van der Waals surface area contributed by atoms with Gasteiger partial charge in [0, 0.05) is 5.69 Å². The van der Waals surface area contributed by atoms with Crippen molar-refractivity contribution in [1.82, 2.24) is 20.0 Å². The third-order valence-corrected chi connectivity index (χ3v) is 4.20. The van der Waals surface area contributed by atoms with E-state index < -0.39 is 0 Å². The van der Waals surface area contributed by atoms with Crippen LogP contribution in [-0.2, 0) is 4.79 Å². The van der Waals surface area contributed by atoms with Gasteiger partial charge in [0.2, 0.25) is 5.91 Å². The van der Waals surface area contributed by atoms with E-state index in [2.05, 4.69) is 15.4 Å². The first-order chi connectivity index (χ1) is 11.1. The van der Waals surface area contributed by atoms with Gasteiger partial charge in [0.15, 0.2) is 5.16 Å². The third kappa shape index (κ3) is 2.99. The summed E-state index contributed by atoms with van der Waals surface area (Å²) in [5.74, 6) is 4.84. The monoisotopic (exact) mass is 329 g/mol. The second-order valence-corrected chi connectivity index (χ2v) is 5.88. The van der Waals surface area contributed by atoms with Crippen molar-refractivity contribution in [2.75, 3.05) is 5.75 Å². The fourth-order valence-corrected chi connectivity index (χ4v) is 3.07. The highest BCUT2D eigenvalue weighted by Crippen LogP contribution is 2.21. The molecule has 0 fully saturated rings. The second-order valence-electron chi connectivity index (χ2n) is 4.94. The summed E-state index contributed by atoms with van der Waals surface area (Å²) in [5, 5.41) is 0.441. The van der Waals surface area contributed by atoms with Gasteiger partial charge in [-0.25, -0.2) is 10.8 Å². The van der Waals surface area contributed by atoms with Crippen LogP contribution in [-0.4, -0.2) is 26.2 Å². The molecule has 3 rings (SSSR count).